The van der Waals surface area contributed by atoms with E-state index in [2.05, 4.69) is 44.8 Å². The lowest BCUT2D eigenvalue weighted by molar-refractivity contribution is -0.633. The van der Waals surface area contributed by atoms with E-state index in [9.17, 15) is 0 Å². The molecule has 2 aromatic heterocycles. The maximum absolute atomic E-state index is 5.92. The molecule has 132 valence electrons. The Labute approximate surface area is 155 Å². The van der Waals surface area contributed by atoms with E-state index in [-0.39, 0.29) is 0 Å². The van der Waals surface area contributed by atoms with Gasteiger partial charge in [0.25, 0.3) is 11.6 Å². The van der Waals surface area contributed by atoms with Crippen LogP contribution in [0, 0.1) is 0 Å². The maximum Gasteiger partial charge on any atom is 0.287 e. The highest BCUT2D eigenvalue weighted by molar-refractivity contribution is 5.82. The number of aromatic nitrogens is 4. The number of benzene rings is 3. The first kappa shape index (κ1) is 15.5. The molecule has 0 spiro atoms. The zero-order valence-corrected chi connectivity index (χ0v) is 14.9. The highest BCUT2D eigenvalue weighted by atomic mass is 15.1. The summed E-state index contributed by atoms with van der Waals surface area (Å²) < 4.78 is 2.14. The molecule has 0 unspecified atom stereocenters. The molecular weight excluding hydrogens is 336 g/mol. The van der Waals surface area contributed by atoms with E-state index in [4.69, 9.17) is 11.5 Å². The number of rotatable bonds is 2. The van der Waals surface area contributed by atoms with Gasteiger partial charge in [-0.2, -0.15) is 0 Å². The topological polar surface area (TPSA) is 102 Å². The first-order chi connectivity index (χ1) is 13.1. The number of nitrogens with two attached hydrogens (primary N) is 2. The number of aromatic amines is 3. The van der Waals surface area contributed by atoms with Crippen LogP contribution in [0.3, 0.4) is 0 Å². The van der Waals surface area contributed by atoms with Crippen LogP contribution in [0.1, 0.15) is 0 Å². The molecule has 6 nitrogen and oxygen atoms in total. The van der Waals surface area contributed by atoms with Crippen molar-refractivity contribution < 1.29 is 9.55 Å². The van der Waals surface area contributed by atoms with E-state index in [1.54, 1.807) is 0 Å². The fourth-order valence-corrected chi connectivity index (χ4v) is 3.54. The Kier molecular flexibility index (Phi) is 3.21. The average molecular weight is 356 g/mol. The number of H-pyrrole nitrogens is 3. The third kappa shape index (κ3) is 2.50. The molecule has 7 N–H and O–H groups in total. The minimum absolute atomic E-state index is 0.749. The maximum atomic E-state index is 5.92. The van der Waals surface area contributed by atoms with Crippen molar-refractivity contribution in [3.63, 3.8) is 0 Å². The van der Waals surface area contributed by atoms with Crippen LogP contribution in [0.2, 0.25) is 0 Å². The predicted octanol–water partition coefficient (Wildman–Crippen LogP) is 2.79. The zero-order chi connectivity index (χ0) is 18.5. The van der Waals surface area contributed by atoms with Gasteiger partial charge in [0.15, 0.2) is 22.1 Å². The van der Waals surface area contributed by atoms with E-state index < -0.39 is 0 Å². The van der Waals surface area contributed by atoms with Crippen LogP contribution >= 0.6 is 0 Å². The van der Waals surface area contributed by atoms with E-state index in [1.807, 2.05) is 42.5 Å². The fourth-order valence-electron chi connectivity index (χ4n) is 3.54. The van der Waals surface area contributed by atoms with Gasteiger partial charge in [-0.15, -0.1) is 0 Å². The van der Waals surface area contributed by atoms with Crippen molar-refractivity contribution >= 4 is 33.4 Å². The van der Waals surface area contributed by atoms with E-state index in [0.717, 1.165) is 56.2 Å². The smallest absolute Gasteiger partial charge is 0.287 e. The summed E-state index contributed by atoms with van der Waals surface area (Å²) in [6.07, 6.45) is 0. The summed E-state index contributed by atoms with van der Waals surface area (Å²) in [4.78, 5) is 10.4. The van der Waals surface area contributed by atoms with Gasteiger partial charge in [-0.3, -0.25) is 0 Å². The lowest BCUT2D eigenvalue weighted by Gasteiger charge is -1.94. The molecule has 5 aromatic rings. The Morgan fingerprint density at radius 1 is 0.778 bits per heavy atom. The highest BCUT2D eigenvalue weighted by Gasteiger charge is 2.20. The van der Waals surface area contributed by atoms with Gasteiger partial charge in [0.1, 0.15) is 0 Å². The molecule has 0 amide bonds. The number of nitrogen functional groups attached to an aromatic ring is 2. The van der Waals surface area contributed by atoms with Gasteiger partial charge >= 0.3 is 0 Å². The number of aryl methyl sites for hydroxylation is 1. The van der Waals surface area contributed by atoms with Crippen molar-refractivity contribution in [1.82, 2.24) is 9.97 Å². The van der Waals surface area contributed by atoms with Crippen LogP contribution in [-0.2, 0) is 7.05 Å². The molecule has 0 aliphatic carbocycles. The first-order valence-electron chi connectivity index (χ1n) is 8.77. The Hall–Kier alpha value is -3.80. The number of nitrogens with one attached hydrogen (secondary N) is 3. The van der Waals surface area contributed by atoms with Gasteiger partial charge in [-0.1, -0.05) is 0 Å². The second kappa shape index (κ2) is 5.60. The second-order valence-electron chi connectivity index (χ2n) is 6.82. The van der Waals surface area contributed by atoms with E-state index in [0.29, 0.717) is 0 Å². The molecule has 27 heavy (non-hydrogen) atoms. The summed E-state index contributed by atoms with van der Waals surface area (Å²) in [5.74, 6) is 1.98. The van der Waals surface area contributed by atoms with Gasteiger partial charge in [0, 0.05) is 23.5 Å². The van der Waals surface area contributed by atoms with Gasteiger partial charge < -0.3 is 11.5 Å². The average Bonchev–Trinajstić information content (AvgIpc) is 3.22. The van der Waals surface area contributed by atoms with Gasteiger partial charge in [-0.25, -0.2) is 19.5 Å². The monoisotopic (exact) mass is 356 g/mol. The molecule has 0 bridgehead atoms. The summed E-state index contributed by atoms with van der Waals surface area (Å²) >= 11 is 0. The van der Waals surface area contributed by atoms with Crippen LogP contribution in [0.25, 0.3) is 44.8 Å². The Morgan fingerprint density at radius 2 is 1.52 bits per heavy atom. The molecule has 6 heteroatoms. The largest absolute Gasteiger partial charge is 0.399 e. The van der Waals surface area contributed by atoms with Gasteiger partial charge in [-0.05, 0) is 48.5 Å². The van der Waals surface area contributed by atoms with Crippen LogP contribution in [0.4, 0.5) is 11.4 Å². The number of fused-ring (bicyclic) bond motifs is 2. The van der Waals surface area contributed by atoms with Crippen molar-refractivity contribution in [2.24, 2.45) is 7.05 Å². The van der Waals surface area contributed by atoms with Gasteiger partial charge in [0.2, 0.25) is 0 Å². The Balaban J connectivity index is 1.62. The molecule has 0 atom stereocenters. The summed E-state index contributed by atoms with van der Waals surface area (Å²) in [5.41, 5.74) is 19.6. The van der Waals surface area contributed by atoms with Crippen molar-refractivity contribution in [2.75, 3.05) is 11.5 Å². The molecule has 0 fully saturated rings. The lowest BCUT2D eigenvalue weighted by atomic mass is 10.2. The standard InChI is InChI=1S/C21H18N6/c1-27-19-9-7-15(23)11-18(19)26-21(27)13-4-8-16-17(10-13)25-20(24-16)12-2-5-14(22)6-3-12/h2-11H,23H2,1H3,(H3,22,24,25,26)/p+2. The molecule has 5 rings (SSSR count). The normalized spacial score (nSPS) is 11.4. The van der Waals surface area contributed by atoms with E-state index in [1.165, 1.54) is 0 Å². The molecule has 0 aliphatic heterocycles. The minimum Gasteiger partial charge on any atom is -0.399 e. The van der Waals surface area contributed by atoms with Crippen LogP contribution < -0.4 is 21.0 Å². The Morgan fingerprint density at radius 3 is 2.33 bits per heavy atom. The molecule has 0 aliphatic rings. The minimum atomic E-state index is 0.749. The summed E-state index contributed by atoms with van der Waals surface area (Å²) in [6.45, 7) is 0. The summed E-state index contributed by atoms with van der Waals surface area (Å²) in [7, 11) is 2.05. The SMILES string of the molecule is C[n+]1c(-c2ccc3[nH+]c(-c4ccc(N)cc4)[nH]c3c2)[nH]c2cc(N)ccc21. The third-order valence-corrected chi connectivity index (χ3v) is 4.98. The zero-order valence-electron chi connectivity index (χ0n) is 14.9. The predicted molar refractivity (Wildman–Crippen MR) is 108 cm³/mol. The number of imidazole rings is 2. The highest BCUT2D eigenvalue weighted by Crippen LogP contribution is 2.24. The van der Waals surface area contributed by atoms with Crippen molar-refractivity contribution in [1.29, 1.82) is 0 Å². The second-order valence-corrected chi connectivity index (χ2v) is 6.82. The number of nitrogens with zero attached hydrogens (tertiary/aromatic N) is 1. The summed E-state index contributed by atoms with van der Waals surface area (Å²) in [5, 5.41) is 0. The van der Waals surface area contributed by atoms with Crippen LogP contribution in [-0.4, -0.2) is 9.97 Å². The third-order valence-electron chi connectivity index (χ3n) is 4.98. The number of hydrogen-bond donors (Lipinski definition) is 4. The molecule has 0 saturated carbocycles. The Bertz CT molecular complexity index is 1290. The van der Waals surface area contributed by atoms with Crippen LogP contribution in [0.5, 0.6) is 0 Å². The summed E-state index contributed by atoms with van der Waals surface area (Å²) in [6, 6.07) is 20.0. The number of anilines is 2. The molecule has 0 saturated heterocycles. The molecular formula is C21H20N6+2. The fraction of sp³-hybridized carbons (Fsp3) is 0.0476. The van der Waals surface area contributed by atoms with Crippen molar-refractivity contribution in [3.05, 3.63) is 60.7 Å². The van der Waals surface area contributed by atoms with Crippen molar-refractivity contribution in [3.8, 4) is 22.8 Å². The number of hydrogen-bond acceptors (Lipinski definition) is 2. The molecule has 0 radical (unpaired) electrons. The van der Waals surface area contributed by atoms with Crippen molar-refractivity contribution in [2.45, 2.75) is 0 Å². The lowest BCUT2D eigenvalue weighted by Crippen LogP contribution is -2.29. The molecule has 2 heterocycles. The van der Waals surface area contributed by atoms with Gasteiger partial charge in [0.05, 0.1) is 18.2 Å². The van der Waals surface area contributed by atoms with E-state index >= 15 is 0 Å². The first-order valence-corrected chi connectivity index (χ1v) is 8.77. The quantitative estimate of drug-likeness (QED) is 0.289. The van der Waals surface area contributed by atoms with Crippen LogP contribution in [0.15, 0.2) is 60.7 Å². The molecule has 3 aromatic carbocycles.